The molecule has 0 fully saturated rings. The maximum absolute atomic E-state index is 13.3. The van der Waals surface area contributed by atoms with E-state index in [1.165, 1.54) is 11.3 Å². The Kier molecular flexibility index (Phi) is 4.16. The third kappa shape index (κ3) is 2.73. The summed E-state index contributed by atoms with van der Waals surface area (Å²) < 4.78 is 1.59. The lowest BCUT2D eigenvalue weighted by Crippen LogP contribution is -2.23. The van der Waals surface area contributed by atoms with Gasteiger partial charge in [-0.2, -0.15) is 0 Å². The summed E-state index contributed by atoms with van der Waals surface area (Å²) in [7, 11) is 0. The predicted molar refractivity (Wildman–Crippen MR) is 108 cm³/mol. The highest BCUT2D eigenvalue weighted by molar-refractivity contribution is 7.17. The third-order valence-corrected chi connectivity index (χ3v) is 5.18. The summed E-state index contributed by atoms with van der Waals surface area (Å²) in [6.07, 6.45) is 5.54. The molecule has 0 aliphatic rings. The minimum absolute atomic E-state index is 0.0930. The average molecular weight is 356 g/mol. The van der Waals surface area contributed by atoms with Gasteiger partial charge in [0.1, 0.15) is 10.7 Å². The number of terminal acetylenes is 1. The number of benzene rings is 2. The molecule has 0 saturated heterocycles. The molecule has 0 amide bonds. The molecule has 2 aromatic heterocycles. The van der Waals surface area contributed by atoms with Crippen molar-refractivity contribution in [3.05, 3.63) is 75.9 Å². The number of hydrogen-bond acceptors (Lipinski definition) is 3. The molecule has 126 valence electrons. The minimum Gasteiger partial charge on any atom is -0.280 e. The van der Waals surface area contributed by atoms with Gasteiger partial charge in [-0.15, -0.1) is 17.8 Å². The largest absolute Gasteiger partial charge is 0.280 e. The van der Waals surface area contributed by atoms with Gasteiger partial charge in [0.2, 0.25) is 0 Å². The van der Waals surface area contributed by atoms with Gasteiger partial charge >= 0.3 is 0 Å². The second-order valence-corrected chi connectivity index (χ2v) is 6.95. The summed E-state index contributed by atoms with van der Waals surface area (Å²) in [5.41, 5.74) is 3.83. The quantitative estimate of drug-likeness (QED) is 0.497. The van der Waals surface area contributed by atoms with Gasteiger partial charge in [0, 0.05) is 16.5 Å². The van der Waals surface area contributed by atoms with Crippen LogP contribution in [0, 0.1) is 19.3 Å². The van der Waals surface area contributed by atoms with Crippen molar-refractivity contribution in [1.82, 2.24) is 9.55 Å². The van der Waals surface area contributed by atoms with Crippen LogP contribution in [0.5, 0.6) is 0 Å². The van der Waals surface area contributed by atoms with E-state index >= 15 is 0 Å². The zero-order valence-electron chi connectivity index (χ0n) is 14.3. The summed E-state index contributed by atoms with van der Waals surface area (Å²) >= 11 is 1.49. The van der Waals surface area contributed by atoms with Crippen LogP contribution < -0.4 is 5.56 Å². The number of fused-ring (bicyclic) bond motifs is 1. The topological polar surface area (TPSA) is 34.9 Å². The van der Waals surface area contributed by atoms with E-state index in [0.717, 1.165) is 27.1 Å². The number of aromatic nitrogens is 2. The van der Waals surface area contributed by atoms with Gasteiger partial charge in [0.05, 0.1) is 11.9 Å². The van der Waals surface area contributed by atoms with Gasteiger partial charge in [0.15, 0.2) is 0 Å². The molecule has 0 radical (unpaired) electrons. The number of rotatable bonds is 3. The van der Waals surface area contributed by atoms with E-state index in [-0.39, 0.29) is 12.1 Å². The van der Waals surface area contributed by atoms with Gasteiger partial charge in [-0.05, 0) is 18.6 Å². The predicted octanol–water partition coefficient (Wildman–Crippen LogP) is 4.73. The van der Waals surface area contributed by atoms with E-state index < -0.39 is 0 Å². The fourth-order valence-corrected chi connectivity index (χ4v) is 4.03. The summed E-state index contributed by atoms with van der Waals surface area (Å²) in [6.45, 7) is 2.21. The molecule has 3 nitrogen and oxygen atoms in total. The Bertz CT molecular complexity index is 1200. The van der Waals surface area contributed by atoms with E-state index in [1.807, 2.05) is 66.9 Å². The molecule has 4 heteroatoms. The first-order chi connectivity index (χ1) is 12.7. The maximum atomic E-state index is 13.3. The second kappa shape index (κ2) is 6.62. The average Bonchev–Trinajstić information content (AvgIpc) is 3.09. The summed E-state index contributed by atoms with van der Waals surface area (Å²) in [4.78, 5) is 18.8. The van der Waals surface area contributed by atoms with Crippen molar-refractivity contribution in [2.75, 3.05) is 0 Å². The van der Waals surface area contributed by atoms with E-state index in [4.69, 9.17) is 11.4 Å². The molecule has 0 saturated carbocycles. The second-order valence-electron chi connectivity index (χ2n) is 6.10. The highest BCUT2D eigenvalue weighted by atomic mass is 32.1. The standard InChI is InChI=1S/C22H16N2OS/c1-3-12-24-20(17-11-7-8-15(2)13-17)23-21-19(22(24)25)18(14-26-21)16-9-5-4-6-10-16/h1,4-11,13-14H,12H2,2H3. The lowest BCUT2D eigenvalue weighted by molar-refractivity contribution is 0.796. The zero-order valence-corrected chi connectivity index (χ0v) is 15.1. The Balaban J connectivity index is 2.03. The highest BCUT2D eigenvalue weighted by Gasteiger charge is 2.17. The summed E-state index contributed by atoms with van der Waals surface area (Å²) in [6, 6.07) is 17.9. The Morgan fingerprint density at radius 3 is 2.62 bits per heavy atom. The molecule has 26 heavy (non-hydrogen) atoms. The van der Waals surface area contributed by atoms with Crippen LogP contribution in [0.25, 0.3) is 32.7 Å². The van der Waals surface area contributed by atoms with E-state index in [9.17, 15) is 4.79 Å². The molecule has 2 aromatic carbocycles. The Labute approximate surface area is 155 Å². The van der Waals surface area contributed by atoms with Gasteiger partial charge < -0.3 is 0 Å². The molecule has 4 rings (SSSR count). The number of nitrogens with zero attached hydrogens (tertiary/aromatic N) is 2. The minimum atomic E-state index is -0.0930. The highest BCUT2D eigenvalue weighted by Crippen LogP contribution is 2.32. The smallest absolute Gasteiger partial charge is 0.264 e. The Hall–Kier alpha value is -3.16. The van der Waals surface area contributed by atoms with Crippen LogP contribution in [0.1, 0.15) is 5.56 Å². The van der Waals surface area contributed by atoms with Crippen LogP contribution in [0.4, 0.5) is 0 Å². The van der Waals surface area contributed by atoms with Crippen LogP contribution >= 0.6 is 11.3 Å². The van der Waals surface area contributed by atoms with Crippen molar-refractivity contribution in [2.24, 2.45) is 0 Å². The molecular weight excluding hydrogens is 340 g/mol. The van der Waals surface area contributed by atoms with Crippen molar-refractivity contribution in [3.63, 3.8) is 0 Å². The van der Waals surface area contributed by atoms with Gasteiger partial charge in [-0.1, -0.05) is 60.0 Å². The van der Waals surface area contributed by atoms with E-state index in [0.29, 0.717) is 11.2 Å². The fraction of sp³-hybridized carbons (Fsp3) is 0.0909. The van der Waals surface area contributed by atoms with Crippen molar-refractivity contribution < 1.29 is 0 Å². The zero-order chi connectivity index (χ0) is 18.1. The Morgan fingerprint density at radius 2 is 1.88 bits per heavy atom. The molecule has 0 aliphatic heterocycles. The normalized spacial score (nSPS) is 10.8. The molecule has 0 aliphatic carbocycles. The van der Waals surface area contributed by atoms with E-state index in [2.05, 4.69) is 5.92 Å². The van der Waals surface area contributed by atoms with Gasteiger partial charge in [-0.3, -0.25) is 9.36 Å². The van der Waals surface area contributed by atoms with Crippen molar-refractivity contribution in [1.29, 1.82) is 0 Å². The van der Waals surface area contributed by atoms with Crippen molar-refractivity contribution in [3.8, 4) is 34.9 Å². The number of aryl methyl sites for hydroxylation is 1. The molecule has 0 spiro atoms. The fourth-order valence-electron chi connectivity index (χ4n) is 3.10. The molecule has 0 atom stereocenters. The number of thiophene rings is 1. The molecule has 0 N–H and O–H groups in total. The molecular formula is C22H16N2OS. The molecule has 2 heterocycles. The van der Waals surface area contributed by atoms with Crippen molar-refractivity contribution >= 4 is 21.6 Å². The first kappa shape index (κ1) is 16.3. The SMILES string of the molecule is C#CCn1c(-c2cccc(C)c2)nc2scc(-c3ccccc3)c2c1=O. The van der Waals surface area contributed by atoms with E-state index in [1.54, 1.807) is 4.57 Å². The number of hydrogen-bond donors (Lipinski definition) is 0. The Morgan fingerprint density at radius 1 is 1.12 bits per heavy atom. The summed E-state index contributed by atoms with van der Waals surface area (Å²) in [5, 5.41) is 2.63. The molecule has 0 unspecified atom stereocenters. The lowest BCUT2D eigenvalue weighted by atomic mass is 10.1. The van der Waals surface area contributed by atoms with Crippen LogP contribution in [0.2, 0.25) is 0 Å². The maximum Gasteiger partial charge on any atom is 0.264 e. The van der Waals surface area contributed by atoms with Gasteiger partial charge in [-0.25, -0.2) is 4.98 Å². The van der Waals surface area contributed by atoms with Crippen LogP contribution in [0.3, 0.4) is 0 Å². The van der Waals surface area contributed by atoms with Gasteiger partial charge in [0.25, 0.3) is 5.56 Å². The molecule has 0 bridgehead atoms. The molecule has 4 aromatic rings. The van der Waals surface area contributed by atoms with Crippen LogP contribution in [-0.2, 0) is 6.54 Å². The summed E-state index contributed by atoms with van der Waals surface area (Å²) in [5.74, 6) is 3.21. The van der Waals surface area contributed by atoms with Crippen molar-refractivity contribution in [2.45, 2.75) is 13.5 Å². The third-order valence-electron chi connectivity index (χ3n) is 4.30. The first-order valence-electron chi connectivity index (χ1n) is 8.27. The monoisotopic (exact) mass is 356 g/mol. The lowest BCUT2D eigenvalue weighted by Gasteiger charge is -2.11. The first-order valence-corrected chi connectivity index (χ1v) is 9.15. The van der Waals surface area contributed by atoms with Crippen LogP contribution in [-0.4, -0.2) is 9.55 Å². The van der Waals surface area contributed by atoms with Crippen LogP contribution in [0.15, 0.2) is 64.8 Å².